The lowest BCUT2D eigenvalue weighted by Crippen LogP contribution is -2.41. The number of Topliss-reactive ketones (excluding diaryl/α,β-unsaturated/α-hetero) is 1. The molecule has 1 amide bonds. The summed E-state index contributed by atoms with van der Waals surface area (Å²) < 4.78 is 3.40. The Hall–Kier alpha value is -4.68. The molecule has 0 radical (unpaired) electrons. The van der Waals surface area contributed by atoms with Gasteiger partial charge in [-0.3, -0.25) is 28.5 Å². The molecule has 5 heterocycles. The van der Waals surface area contributed by atoms with Crippen molar-refractivity contribution in [3.8, 4) is 11.3 Å². The number of aryl methyl sites for hydroxylation is 1. The fraction of sp³-hybridized carbons (Fsp3) is 0.385. The minimum Gasteiger partial charge on any atom is -0.356 e. The van der Waals surface area contributed by atoms with E-state index < -0.39 is 23.2 Å². The third-order valence-electron chi connectivity index (χ3n) is 7.47. The molecule has 0 bridgehead atoms. The number of hydrogen-bond acceptors (Lipinski definition) is 9. The Kier molecular flexibility index (Phi) is 5.85. The number of fused-ring (bicyclic) bond motifs is 2. The molecule has 1 saturated heterocycles. The Bertz CT molecular complexity index is 1730. The lowest BCUT2D eigenvalue weighted by molar-refractivity contribution is -0.119. The summed E-state index contributed by atoms with van der Waals surface area (Å²) in [6, 6.07) is 3.04. The first-order valence-electron chi connectivity index (χ1n) is 12.7. The number of aromatic nitrogens is 7. The first-order chi connectivity index (χ1) is 18.7. The number of imidazole rings is 1. The van der Waals surface area contributed by atoms with Crippen LogP contribution in [0.2, 0.25) is 0 Å². The molecule has 13 heteroatoms. The van der Waals surface area contributed by atoms with Gasteiger partial charge >= 0.3 is 5.69 Å². The van der Waals surface area contributed by atoms with E-state index in [0.29, 0.717) is 5.69 Å². The van der Waals surface area contributed by atoms with E-state index >= 15 is 0 Å². The van der Waals surface area contributed by atoms with Gasteiger partial charge in [-0.2, -0.15) is 0 Å². The summed E-state index contributed by atoms with van der Waals surface area (Å²) in [5.74, 6) is 2.00. The van der Waals surface area contributed by atoms with Crippen molar-refractivity contribution in [3.05, 3.63) is 57.9 Å². The van der Waals surface area contributed by atoms with Gasteiger partial charge in [0.2, 0.25) is 5.91 Å². The SMILES string of the molecule is CC(=O)Cn1c(=O)c2c(ncn2[C@@H](C)C(=O)Nc2cncc(-c3ccc(N4CC5CC5C4)nc3)n2)n(C)c1=O. The van der Waals surface area contributed by atoms with E-state index in [-0.39, 0.29) is 29.3 Å². The van der Waals surface area contributed by atoms with Crippen molar-refractivity contribution < 1.29 is 9.59 Å². The maximum atomic E-state index is 13.2. The molecule has 1 aliphatic heterocycles. The normalized spacial score (nSPS) is 18.7. The monoisotopic (exact) mass is 529 g/mol. The van der Waals surface area contributed by atoms with Crippen LogP contribution in [0.3, 0.4) is 0 Å². The van der Waals surface area contributed by atoms with Gasteiger partial charge in [-0.05, 0) is 44.2 Å². The molecule has 0 spiro atoms. The van der Waals surface area contributed by atoms with Crippen molar-refractivity contribution in [1.82, 2.24) is 33.6 Å². The largest absolute Gasteiger partial charge is 0.356 e. The summed E-state index contributed by atoms with van der Waals surface area (Å²) in [7, 11) is 1.46. The molecule has 200 valence electrons. The van der Waals surface area contributed by atoms with Crippen LogP contribution < -0.4 is 21.5 Å². The van der Waals surface area contributed by atoms with E-state index in [9.17, 15) is 19.2 Å². The lowest BCUT2D eigenvalue weighted by Gasteiger charge is -2.19. The molecule has 2 fully saturated rings. The Morgan fingerprint density at radius 3 is 2.56 bits per heavy atom. The number of pyridine rings is 1. The van der Waals surface area contributed by atoms with E-state index in [2.05, 4.69) is 30.2 Å². The van der Waals surface area contributed by atoms with E-state index in [0.717, 1.165) is 40.9 Å². The zero-order valence-corrected chi connectivity index (χ0v) is 21.7. The average Bonchev–Trinajstić information content (AvgIpc) is 3.31. The highest BCUT2D eigenvalue weighted by atomic mass is 16.2. The van der Waals surface area contributed by atoms with Gasteiger partial charge in [-0.25, -0.2) is 19.7 Å². The molecule has 0 aromatic carbocycles. The summed E-state index contributed by atoms with van der Waals surface area (Å²) in [6.45, 7) is 4.63. The standard InChI is InChI=1S/C26H27N9O4/c1-14(36)10-34-25(38)22-23(32(3)26(34)39)29-13-35(22)15(2)24(37)31-20-9-27-8-19(30-20)16-4-5-21(28-7-16)33-11-17-6-18(17)12-33/h4-5,7-9,13,15,17-18H,6,10-12H2,1-3H3,(H,30,31,37)/t15-,17?,18?/m0/s1. The molecule has 6 rings (SSSR count). The number of piperidine rings is 1. The maximum absolute atomic E-state index is 13.2. The lowest BCUT2D eigenvalue weighted by atomic mass is 10.2. The van der Waals surface area contributed by atoms with Crippen LogP contribution in [0.25, 0.3) is 22.4 Å². The van der Waals surface area contributed by atoms with Crippen molar-refractivity contribution in [2.75, 3.05) is 23.3 Å². The number of hydrogen-bond donors (Lipinski definition) is 1. The summed E-state index contributed by atoms with van der Waals surface area (Å²) in [5.41, 5.74) is 0.141. The Morgan fingerprint density at radius 2 is 1.87 bits per heavy atom. The van der Waals surface area contributed by atoms with Crippen LogP contribution in [0.4, 0.5) is 11.6 Å². The molecule has 2 unspecified atom stereocenters. The third kappa shape index (κ3) is 4.39. The minimum absolute atomic E-state index is 0.0438. The molecule has 1 N–H and O–H groups in total. The van der Waals surface area contributed by atoms with E-state index in [4.69, 9.17) is 0 Å². The molecular weight excluding hydrogens is 502 g/mol. The zero-order valence-electron chi connectivity index (χ0n) is 21.7. The van der Waals surface area contributed by atoms with Crippen molar-refractivity contribution in [2.24, 2.45) is 18.9 Å². The van der Waals surface area contributed by atoms with Crippen molar-refractivity contribution in [2.45, 2.75) is 32.9 Å². The first-order valence-corrected chi connectivity index (χ1v) is 12.7. The van der Waals surface area contributed by atoms with Crippen LogP contribution in [0.1, 0.15) is 26.3 Å². The summed E-state index contributed by atoms with van der Waals surface area (Å²) in [5, 5.41) is 2.74. The number of nitrogens with one attached hydrogen (secondary N) is 1. The fourth-order valence-electron chi connectivity index (χ4n) is 5.18. The summed E-state index contributed by atoms with van der Waals surface area (Å²) >= 11 is 0. The molecule has 4 aromatic rings. The van der Waals surface area contributed by atoms with E-state index in [1.807, 2.05) is 12.1 Å². The second-order valence-electron chi connectivity index (χ2n) is 10.3. The molecule has 13 nitrogen and oxygen atoms in total. The number of nitrogens with zero attached hydrogens (tertiary/aromatic N) is 8. The topological polar surface area (TPSA) is 150 Å². The number of rotatable bonds is 7. The molecular formula is C26H27N9O4. The minimum atomic E-state index is -0.885. The van der Waals surface area contributed by atoms with Gasteiger partial charge in [0, 0.05) is 31.9 Å². The Balaban J connectivity index is 1.23. The van der Waals surface area contributed by atoms with Gasteiger partial charge < -0.3 is 14.8 Å². The number of carbonyl (C=O) groups excluding carboxylic acids is 2. The second-order valence-corrected chi connectivity index (χ2v) is 10.3. The molecule has 1 aliphatic carbocycles. The number of ketones is 1. The fourth-order valence-corrected chi connectivity index (χ4v) is 5.18. The van der Waals surface area contributed by atoms with Gasteiger partial charge in [-0.1, -0.05) is 0 Å². The predicted octanol–water partition coefficient (Wildman–Crippen LogP) is 0.993. The highest BCUT2D eigenvalue weighted by molar-refractivity contribution is 5.93. The molecule has 3 atom stereocenters. The predicted molar refractivity (Wildman–Crippen MR) is 142 cm³/mol. The third-order valence-corrected chi connectivity index (χ3v) is 7.47. The second kappa shape index (κ2) is 9.26. The number of anilines is 2. The Morgan fingerprint density at radius 1 is 1.10 bits per heavy atom. The van der Waals surface area contributed by atoms with E-state index in [1.165, 1.54) is 42.1 Å². The van der Waals surface area contributed by atoms with Crippen LogP contribution in [-0.2, 0) is 23.2 Å². The zero-order chi connectivity index (χ0) is 27.4. The van der Waals surface area contributed by atoms with Crippen LogP contribution >= 0.6 is 0 Å². The van der Waals surface area contributed by atoms with Gasteiger partial charge in [-0.15, -0.1) is 0 Å². The quantitative estimate of drug-likeness (QED) is 0.370. The van der Waals surface area contributed by atoms with Crippen LogP contribution in [0, 0.1) is 11.8 Å². The van der Waals surface area contributed by atoms with E-state index in [1.54, 1.807) is 19.3 Å². The average molecular weight is 530 g/mol. The van der Waals surface area contributed by atoms with Crippen molar-refractivity contribution in [3.63, 3.8) is 0 Å². The molecule has 39 heavy (non-hydrogen) atoms. The molecule has 1 saturated carbocycles. The molecule has 4 aromatic heterocycles. The maximum Gasteiger partial charge on any atom is 0.332 e. The smallest absolute Gasteiger partial charge is 0.332 e. The van der Waals surface area contributed by atoms with Gasteiger partial charge in [0.05, 0.1) is 31.0 Å². The van der Waals surface area contributed by atoms with Crippen LogP contribution in [0.15, 0.2) is 46.6 Å². The van der Waals surface area contributed by atoms with Crippen molar-refractivity contribution in [1.29, 1.82) is 0 Å². The summed E-state index contributed by atoms with van der Waals surface area (Å²) in [6.07, 6.45) is 7.44. The summed E-state index contributed by atoms with van der Waals surface area (Å²) in [4.78, 5) is 70.3. The number of carbonyl (C=O) groups is 2. The highest BCUT2D eigenvalue weighted by Crippen LogP contribution is 2.45. The molecule has 2 aliphatic rings. The van der Waals surface area contributed by atoms with Crippen LogP contribution in [0.5, 0.6) is 0 Å². The van der Waals surface area contributed by atoms with Gasteiger partial charge in [0.15, 0.2) is 17.0 Å². The Labute approximate surface area is 222 Å². The van der Waals surface area contributed by atoms with Gasteiger partial charge in [0.1, 0.15) is 17.6 Å². The van der Waals surface area contributed by atoms with Crippen molar-refractivity contribution >= 4 is 34.5 Å². The van der Waals surface area contributed by atoms with Gasteiger partial charge in [0.25, 0.3) is 5.56 Å². The van der Waals surface area contributed by atoms with Crippen LogP contribution in [-0.4, -0.2) is 58.4 Å². The highest BCUT2D eigenvalue weighted by Gasteiger charge is 2.45. The first kappa shape index (κ1) is 24.6. The number of amides is 1.